The van der Waals surface area contributed by atoms with Crippen LogP contribution in [-0.2, 0) is 9.59 Å². The number of thioether (sulfide) groups is 1. The lowest BCUT2D eigenvalue weighted by Gasteiger charge is -2.14. The second kappa shape index (κ2) is 11.0. The van der Waals surface area contributed by atoms with Gasteiger partial charge in [-0.15, -0.1) is 0 Å². The van der Waals surface area contributed by atoms with Gasteiger partial charge < -0.3 is 10.4 Å². The van der Waals surface area contributed by atoms with Crippen molar-refractivity contribution in [3.05, 3.63) is 70.4 Å². The summed E-state index contributed by atoms with van der Waals surface area (Å²) in [6.07, 6.45) is 3.88. The molecule has 2 aromatic rings. The smallest absolute Gasteiger partial charge is 0.335 e. The molecule has 0 spiro atoms. The fraction of sp³-hybridized carbons (Fsp3) is 0.217. The lowest BCUT2D eigenvalue weighted by atomic mass is 10.1. The van der Waals surface area contributed by atoms with E-state index in [2.05, 4.69) is 5.32 Å². The van der Waals surface area contributed by atoms with Crippen LogP contribution in [-0.4, -0.2) is 38.7 Å². The van der Waals surface area contributed by atoms with E-state index >= 15 is 0 Å². The van der Waals surface area contributed by atoms with Gasteiger partial charge in [0.2, 0.25) is 5.91 Å². The minimum atomic E-state index is -1.02. The third-order valence-electron chi connectivity index (χ3n) is 4.77. The van der Waals surface area contributed by atoms with Crippen LogP contribution < -0.4 is 5.32 Å². The average Bonchev–Trinajstić information content (AvgIpc) is 3.02. The number of rotatable bonds is 9. The highest BCUT2D eigenvalue weighted by molar-refractivity contribution is 8.26. The Labute approximate surface area is 194 Å². The van der Waals surface area contributed by atoms with Crippen LogP contribution in [0.15, 0.2) is 53.4 Å². The van der Waals surface area contributed by atoms with E-state index in [9.17, 15) is 18.8 Å². The molecule has 1 aliphatic heterocycles. The number of carboxylic acid groups (broad SMARTS) is 1. The Bertz CT molecular complexity index is 1070. The maximum atomic E-state index is 13.8. The van der Waals surface area contributed by atoms with Crippen LogP contribution in [0.1, 0.15) is 41.6 Å². The monoisotopic (exact) mass is 472 g/mol. The van der Waals surface area contributed by atoms with E-state index in [-0.39, 0.29) is 17.4 Å². The Morgan fingerprint density at radius 1 is 1.09 bits per heavy atom. The number of hydrogen-bond donors (Lipinski definition) is 2. The van der Waals surface area contributed by atoms with Gasteiger partial charge in [0.1, 0.15) is 10.1 Å². The number of benzene rings is 2. The molecular formula is C23H21FN2O4S2. The van der Waals surface area contributed by atoms with Crippen LogP contribution in [0.3, 0.4) is 0 Å². The summed E-state index contributed by atoms with van der Waals surface area (Å²) in [5, 5.41) is 11.6. The minimum absolute atomic E-state index is 0.155. The molecule has 2 aromatic carbocycles. The Morgan fingerprint density at radius 3 is 2.50 bits per heavy atom. The summed E-state index contributed by atoms with van der Waals surface area (Å²) in [6, 6.07) is 12.2. The summed E-state index contributed by atoms with van der Waals surface area (Å²) in [7, 11) is 0. The van der Waals surface area contributed by atoms with Gasteiger partial charge in [0, 0.05) is 24.2 Å². The van der Waals surface area contributed by atoms with E-state index in [1.807, 2.05) is 0 Å². The van der Waals surface area contributed by atoms with Gasteiger partial charge in [-0.05, 0) is 49.2 Å². The number of carbonyl (C=O) groups is 3. The summed E-state index contributed by atoms with van der Waals surface area (Å²) in [6.45, 7) is 0.442. The molecule has 0 saturated carbocycles. The van der Waals surface area contributed by atoms with Crippen LogP contribution in [0.2, 0.25) is 0 Å². The second-order valence-corrected chi connectivity index (χ2v) is 8.77. The van der Waals surface area contributed by atoms with E-state index in [0.29, 0.717) is 46.3 Å². The van der Waals surface area contributed by atoms with Crippen molar-refractivity contribution in [1.29, 1.82) is 0 Å². The lowest BCUT2D eigenvalue weighted by Crippen LogP contribution is -2.29. The van der Waals surface area contributed by atoms with E-state index in [1.54, 1.807) is 30.3 Å². The Hall–Kier alpha value is -3.04. The van der Waals surface area contributed by atoms with Crippen LogP contribution in [0.25, 0.3) is 6.08 Å². The molecule has 2 N–H and O–H groups in total. The van der Waals surface area contributed by atoms with Crippen molar-refractivity contribution in [2.24, 2.45) is 0 Å². The first-order valence-electron chi connectivity index (χ1n) is 9.98. The van der Waals surface area contributed by atoms with Crippen LogP contribution >= 0.6 is 24.0 Å². The molecule has 0 radical (unpaired) electrons. The predicted molar refractivity (Wildman–Crippen MR) is 127 cm³/mol. The van der Waals surface area contributed by atoms with Crippen molar-refractivity contribution < 1.29 is 23.9 Å². The first-order chi connectivity index (χ1) is 15.3. The Morgan fingerprint density at radius 2 is 1.81 bits per heavy atom. The zero-order chi connectivity index (χ0) is 23.1. The van der Waals surface area contributed by atoms with Crippen molar-refractivity contribution >= 4 is 57.8 Å². The molecule has 0 unspecified atom stereocenters. The molecule has 6 nitrogen and oxygen atoms in total. The molecule has 0 aromatic heterocycles. The first-order valence-corrected chi connectivity index (χ1v) is 11.2. The van der Waals surface area contributed by atoms with Gasteiger partial charge in [0.25, 0.3) is 5.91 Å². The van der Waals surface area contributed by atoms with E-state index in [0.717, 1.165) is 18.2 Å². The summed E-state index contributed by atoms with van der Waals surface area (Å²) >= 11 is 6.45. The summed E-state index contributed by atoms with van der Waals surface area (Å²) in [5.41, 5.74) is 1.04. The maximum absolute atomic E-state index is 13.8. The van der Waals surface area contributed by atoms with Crippen LogP contribution in [0.4, 0.5) is 10.1 Å². The third kappa shape index (κ3) is 6.24. The highest BCUT2D eigenvalue weighted by Gasteiger charge is 2.31. The number of thiocarbonyl (C=S) groups is 1. The number of aromatic carboxylic acids is 1. The van der Waals surface area contributed by atoms with E-state index in [4.69, 9.17) is 17.3 Å². The molecular weight excluding hydrogens is 451 g/mol. The molecule has 1 heterocycles. The van der Waals surface area contributed by atoms with Crippen LogP contribution in [0, 0.1) is 5.82 Å². The zero-order valence-corrected chi connectivity index (χ0v) is 18.7. The highest BCUT2D eigenvalue weighted by Crippen LogP contribution is 2.33. The average molecular weight is 473 g/mol. The molecule has 2 amide bonds. The largest absolute Gasteiger partial charge is 0.478 e. The van der Waals surface area contributed by atoms with Crippen molar-refractivity contribution in [2.45, 2.75) is 25.7 Å². The molecule has 0 atom stereocenters. The number of nitrogens with zero attached hydrogens (tertiary/aromatic N) is 1. The topological polar surface area (TPSA) is 86.7 Å². The number of anilines is 1. The van der Waals surface area contributed by atoms with E-state index < -0.39 is 11.8 Å². The Balaban J connectivity index is 1.41. The van der Waals surface area contributed by atoms with Crippen LogP contribution in [0.5, 0.6) is 0 Å². The molecule has 32 heavy (non-hydrogen) atoms. The normalized spacial score (nSPS) is 14.8. The quantitative estimate of drug-likeness (QED) is 0.306. The molecule has 0 aliphatic carbocycles. The highest BCUT2D eigenvalue weighted by atomic mass is 32.2. The third-order valence-corrected chi connectivity index (χ3v) is 6.14. The number of carbonyl (C=O) groups excluding carboxylic acids is 2. The molecule has 1 saturated heterocycles. The van der Waals surface area contributed by atoms with Crippen molar-refractivity contribution in [1.82, 2.24) is 4.90 Å². The number of unbranched alkanes of at least 4 members (excludes halogenated alkanes) is 2. The van der Waals surface area contributed by atoms with Gasteiger partial charge in [-0.25, -0.2) is 9.18 Å². The van der Waals surface area contributed by atoms with Gasteiger partial charge in [-0.2, -0.15) is 0 Å². The molecule has 1 fully saturated rings. The predicted octanol–water partition coefficient (Wildman–Crippen LogP) is 4.92. The number of hydrogen-bond acceptors (Lipinski definition) is 5. The summed E-state index contributed by atoms with van der Waals surface area (Å²) < 4.78 is 14.3. The zero-order valence-electron chi connectivity index (χ0n) is 17.0. The summed E-state index contributed by atoms with van der Waals surface area (Å²) in [5.74, 6) is -1.81. The maximum Gasteiger partial charge on any atom is 0.335 e. The second-order valence-electron chi connectivity index (χ2n) is 7.10. The first kappa shape index (κ1) is 23.6. The van der Waals surface area contributed by atoms with Crippen molar-refractivity contribution in [3.8, 4) is 0 Å². The number of amides is 2. The van der Waals surface area contributed by atoms with Crippen molar-refractivity contribution in [2.75, 3.05) is 11.9 Å². The van der Waals surface area contributed by atoms with Gasteiger partial charge in [0.15, 0.2) is 0 Å². The van der Waals surface area contributed by atoms with Gasteiger partial charge in [-0.1, -0.05) is 48.6 Å². The summed E-state index contributed by atoms with van der Waals surface area (Å²) in [4.78, 5) is 37.4. The standard InChI is InChI=1S/C23H21FN2O4S2/c24-18-7-4-3-6-16(18)14-19-21(28)26(23(31)32-19)13-5-1-2-8-20(27)25-17-11-9-15(10-12-17)22(29)30/h3-4,6-7,9-12,14H,1-2,5,8,13H2,(H,25,27)(H,29,30)/b19-14-. The Kier molecular flexibility index (Phi) is 8.13. The molecule has 166 valence electrons. The number of halogens is 1. The minimum Gasteiger partial charge on any atom is -0.478 e. The molecule has 1 aliphatic rings. The van der Waals surface area contributed by atoms with Crippen molar-refractivity contribution in [3.63, 3.8) is 0 Å². The lowest BCUT2D eigenvalue weighted by molar-refractivity contribution is -0.122. The number of carboxylic acids is 1. The van der Waals surface area contributed by atoms with E-state index in [1.165, 1.54) is 29.2 Å². The molecule has 0 bridgehead atoms. The molecule has 9 heteroatoms. The SMILES string of the molecule is O=C(CCCCCN1C(=O)/C(=C/c2ccccc2F)SC1=S)Nc1ccc(C(=O)O)cc1. The van der Waals surface area contributed by atoms with Gasteiger partial charge >= 0.3 is 5.97 Å². The molecule has 3 rings (SSSR count). The number of nitrogens with one attached hydrogen (secondary N) is 1. The fourth-order valence-electron chi connectivity index (χ4n) is 3.08. The fourth-order valence-corrected chi connectivity index (χ4v) is 4.38. The van der Waals surface area contributed by atoms with Gasteiger partial charge in [0.05, 0.1) is 10.5 Å². The van der Waals surface area contributed by atoms with Gasteiger partial charge in [-0.3, -0.25) is 14.5 Å².